The van der Waals surface area contributed by atoms with E-state index < -0.39 is 13.3 Å². The van der Waals surface area contributed by atoms with E-state index in [0.29, 0.717) is 28.4 Å². The molecular weight excluding hydrogens is 433 g/mol. The van der Waals surface area contributed by atoms with E-state index in [1.165, 1.54) is 0 Å². The maximum absolute atomic E-state index is 15.1. The predicted octanol–water partition coefficient (Wildman–Crippen LogP) is 6.05. The quantitative estimate of drug-likeness (QED) is 0.339. The first-order valence-electron chi connectivity index (χ1n) is 12.0. The maximum atomic E-state index is 15.1. The summed E-state index contributed by atoms with van der Waals surface area (Å²) in [6, 6.07) is 16.9. The van der Waals surface area contributed by atoms with Crippen molar-refractivity contribution < 1.29 is 18.6 Å². The van der Waals surface area contributed by atoms with Crippen molar-refractivity contribution in [3.63, 3.8) is 0 Å². The average molecular weight is 468 g/mol. The van der Waals surface area contributed by atoms with Crippen LogP contribution >= 0.6 is 7.37 Å². The van der Waals surface area contributed by atoms with Gasteiger partial charge in [0.05, 0.1) is 18.0 Å². The van der Waals surface area contributed by atoms with E-state index in [2.05, 4.69) is 25.8 Å². The lowest BCUT2D eigenvalue weighted by molar-refractivity contribution is 0.0498. The van der Waals surface area contributed by atoms with E-state index in [4.69, 9.17) is 9.26 Å². The van der Waals surface area contributed by atoms with E-state index in [0.717, 1.165) is 30.2 Å². The number of esters is 1. The van der Waals surface area contributed by atoms with Gasteiger partial charge in [-0.3, -0.25) is 4.57 Å². The van der Waals surface area contributed by atoms with Gasteiger partial charge in [0.25, 0.3) is 7.37 Å². The third-order valence-corrected chi connectivity index (χ3v) is 9.39. The number of rotatable bonds is 7. The molecule has 0 spiro atoms. The largest absolute Gasteiger partial charge is 0.461 e. The molecule has 1 aliphatic carbocycles. The summed E-state index contributed by atoms with van der Waals surface area (Å²) in [5.74, 6) is 0.719. The minimum absolute atomic E-state index is 0.150. The van der Waals surface area contributed by atoms with Crippen molar-refractivity contribution in [2.45, 2.75) is 53.1 Å². The Kier molecular flexibility index (Phi) is 7.11. The lowest BCUT2D eigenvalue weighted by Crippen LogP contribution is -2.36. The van der Waals surface area contributed by atoms with Gasteiger partial charge in [0.15, 0.2) is 0 Å². The van der Waals surface area contributed by atoms with Crippen molar-refractivity contribution in [3.05, 3.63) is 60.3 Å². The number of hydrogen-bond acceptors (Lipinski definition) is 4. The average Bonchev–Trinajstić information content (AvgIpc) is 3.20. The third kappa shape index (κ3) is 4.67. The van der Waals surface area contributed by atoms with Crippen LogP contribution in [-0.4, -0.2) is 23.7 Å². The van der Waals surface area contributed by atoms with Gasteiger partial charge in [0.1, 0.15) is 5.69 Å². The van der Waals surface area contributed by atoms with E-state index in [1.54, 1.807) is 6.92 Å². The number of carbonyl (C=O) groups is 1. The number of H-pyrrole nitrogens is 1. The highest BCUT2D eigenvalue weighted by atomic mass is 31.2. The number of aromatic amines is 1. The highest BCUT2D eigenvalue weighted by Gasteiger charge is 2.42. The van der Waals surface area contributed by atoms with Gasteiger partial charge >= 0.3 is 5.97 Å². The highest BCUT2D eigenvalue weighted by molar-refractivity contribution is 7.75. The van der Waals surface area contributed by atoms with Gasteiger partial charge < -0.3 is 14.2 Å². The SMILES string of the molecule is CCOC(=O)c1[nH]c2ccccc2c1P(=O)(O[C@@H]1C[C@@H](C)CC[C@H]1C(C)C)c1ccccc1. The van der Waals surface area contributed by atoms with Crippen molar-refractivity contribution >= 4 is 34.9 Å². The van der Waals surface area contributed by atoms with Crippen molar-refractivity contribution in [2.75, 3.05) is 6.61 Å². The number of fused-ring (bicyclic) bond motifs is 1. The molecule has 1 N–H and O–H groups in total. The van der Waals surface area contributed by atoms with Crippen LogP contribution in [0.3, 0.4) is 0 Å². The van der Waals surface area contributed by atoms with Gasteiger partial charge in [0.2, 0.25) is 0 Å². The molecule has 5 nitrogen and oxygen atoms in total. The normalized spacial score (nSPS) is 22.9. The van der Waals surface area contributed by atoms with Gasteiger partial charge in [-0.05, 0) is 55.7 Å². The summed E-state index contributed by atoms with van der Waals surface area (Å²) in [6.07, 6.45) is 2.91. The van der Waals surface area contributed by atoms with Crippen LogP contribution in [0.4, 0.5) is 0 Å². The number of benzene rings is 2. The number of ether oxygens (including phenoxy) is 1. The number of hydrogen-bond donors (Lipinski definition) is 1. The van der Waals surface area contributed by atoms with Gasteiger partial charge in [-0.1, -0.05) is 63.6 Å². The van der Waals surface area contributed by atoms with Crippen LogP contribution in [0.1, 0.15) is 57.4 Å². The lowest BCUT2D eigenvalue weighted by atomic mass is 9.75. The molecule has 1 heterocycles. The Morgan fingerprint density at radius 1 is 1.09 bits per heavy atom. The van der Waals surface area contributed by atoms with Crippen LogP contribution in [0.25, 0.3) is 10.9 Å². The smallest absolute Gasteiger partial charge is 0.355 e. The number of carbonyl (C=O) groups excluding carboxylic acids is 1. The first-order valence-corrected chi connectivity index (χ1v) is 13.6. The summed E-state index contributed by atoms with van der Waals surface area (Å²) in [7, 11) is -3.64. The molecule has 1 fully saturated rings. The molecule has 1 aromatic heterocycles. The molecule has 1 unspecified atom stereocenters. The molecule has 3 aromatic rings. The van der Waals surface area contributed by atoms with E-state index in [-0.39, 0.29) is 18.4 Å². The molecule has 33 heavy (non-hydrogen) atoms. The molecule has 4 atom stereocenters. The monoisotopic (exact) mass is 467 g/mol. The molecule has 0 saturated heterocycles. The van der Waals surface area contributed by atoms with Gasteiger partial charge in [-0.15, -0.1) is 0 Å². The Labute approximate surface area is 196 Å². The summed E-state index contributed by atoms with van der Waals surface area (Å²) in [4.78, 5) is 16.2. The molecule has 4 rings (SSSR count). The molecule has 2 aromatic carbocycles. The fourth-order valence-electron chi connectivity index (χ4n) is 5.08. The molecule has 0 aliphatic heterocycles. The molecule has 176 valence electrons. The minimum atomic E-state index is -3.64. The summed E-state index contributed by atoms with van der Waals surface area (Å²) in [5.41, 5.74) is 0.961. The molecule has 1 saturated carbocycles. The lowest BCUT2D eigenvalue weighted by Gasteiger charge is -2.39. The number of para-hydroxylation sites is 1. The van der Waals surface area contributed by atoms with Crippen molar-refractivity contribution in [2.24, 2.45) is 17.8 Å². The summed E-state index contributed by atoms with van der Waals surface area (Å²) in [6.45, 7) is 8.65. The Morgan fingerprint density at radius 3 is 2.48 bits per heavy atom. The zero-order valence-corrected chi connectivity index (χ0v) is 20.8. The second kappa shape index (κ2) is 9.87. The van der Waals surface area contributed by atoms with Gasteiger partial charge in [-0.2, -0.15) is 0 Å². The summed E-state index contributed by atoms with van der Waals surface area (Å²) < 4.78 is 27.2. The van der Waals surface area contributed by atoms with Gasteiger partial charge in [-0.25, -0.2) is 4.79 Å². The molecular formula is C27H34NO4P. The molecule has 1 aliphatic rings. The Morgan fingerprint density at radius 2 is 1.79 bits per heavy atom. The van der Waals surface area contributed by atoms with E-state index >= 15 is 4.57 Å². The Bertz CT molecular complexity index is 1150. The fraction of sp³-hybridized carbons (Fsp3) is 0.444. The highest BCUT2D eigenvalue weighted by Crippen LogP contribution is 2.52. The van der Waals surface area contributed by atoms with Gasteiger partial charge in [0, 0.05) is 16.2 Å². The number of nitrogens with one attached hydrogen (secondary N) is 1. The molecule has 0 radical (unpaired) electrons. The molecule has 0 bridgehead atoms. The minimum Gasteiger partial charge on any atom is -0.461 e. The molecule has 0 amide bonds. The third-order valence-electron chi connectivity index (χ3n) is 6.79. The van der Waals surface area contributed by atoms with Crippen LogP contribution in [0, 0.1) is 17.8 Å². The van der Waals surface area contributed by atoms with Crippen LogP contribution in [0.15, 0.2) is 54.6 Å². The van der Waals surface area contributed by atoms with Crippen LogP contribution < -0.4 is 10.6 Å². The first kappa shape index (κ1) is 23.8. The second-order valence-electron chi connectivity index (χ2n) is 9.47. The van der Waals surface area contributed by atoms with Crippen LogP contribution in [0.5, 0.6) is 0 Å². The first-order chi connectivity index (χ1) is 15.8. The zero-order chi connectivity index (χ0) is 23.6. The predicted molar refractivity (Wildman–Crippen MR) is 134 cm³/mol. The Balaban J connectivity index is 1.92. The summed E-state index contributed by atoms with van der Waals surface area (Å²) >= 11 is 0. The topological polar surface area (TPSA) is 68.4 Å². The Hall–Kier alpha value is -2.36. The number of aromatic nitrogens is 1. The van der Waals surface area contributed by atoms with Crippen molar-refractivity contribution in [3.8, 4) is 0 Å². The standard InChI is InChI=1S/C27H34NO4P/c1-5-31-27(29)25-26(22-13-9-10-14-23(22)28-25)33(30,20-11-7-6-8-12-20)32-24-17-19(4)15-16-21(24)18(2)3/h6-14,18-19,21,24,28H,5,15-17H2,1-4H3/t19-,21-,24+,33?/m0/s1. The zero-order valence-electron chi connectivity index (χ0n) is 19.9. The van der Waals surface area contributed by atoms with Crippen molar-refractivity contribution in [1.82, 2.24) is 4.98 Å². The maximum Gasteiger partial charge on any atom is 0.355 e. The van der Waals surface area contributed by atoms with Crippen LogP contribution in [0.2, 0.25) is 0 Å². The van der Waals surface area contributed by atoms with E-state index in [1.807, 2.05) is 54.6 Å². The van der Waals surface area contributed by atoms with Crippen LogP contribution in [-0.2, 0) is 13.8 Å². The fourth-order valence-corrected chi connectivity index (χ4v) is 7.70. The second-order valence-corrected chi connectivity index (χ2v) is 11.7. The van der Waals surface area contributed by atoms with Crippen molar-refractivity contribution in [1.29, 1.82) is 0 Å². The van der Waals surface area contributed by atoms with E-state index in [9.17, 15) is 4.79 Å². The summed E-state index contributed by atoms with van der Waals surface area (Å²) in [5, 5.41) is 1.75. The molecule has 6 heteroatoms.